The molecular weight excluding hydrogens is 352 g/mol. The molecule has 0 saturated carbocycles. The van der Waals surface area contributed by atoms with E-state index in [4.69, 9.17) is 6.42 Å². The van der Waals surface area contributed by atoms with Gasteiger partial charge in [-0.25, -0.2) is 0 Å². The van der Waals surface area contributed by atoms with Gasteiger partial charge in [0.05, 0.1) is 23.2 Å². The first-order valence-corrected chi connectivity index (χ1v) is 9.91. The van der Waals surface area contributed by atoms with Crippen LogP contribution in [-0.2, 0) is 17.8 Å². The number of carbonyl (C=O) groups is 1. The molecule has 0 spiro atoms. The maximum Gasteiger partial charge on any atom is 0.252 e. The van der Waals surface area contributed by atoms with Crippen LogP contribution in [0.1, 0.15) is 42.0 Å². The van der Waals surface area contributed by atoms with Crippen LogP contribution in [0.2, 0.25) is 0 Å². The third-order valence-corrected chi connectivity index (χ3v) is 5.81. The van der Waals surface area contributed by atoms with E-state index in [2.05, 4.69) is 62.9 Å². The molecule has 0 N–H and O–H groups in total. The van der Waals surface area contributed by atoms with Gasteiger partial charge in [-0.3, -0.25) is 4.79 Å². The van der Waals surface area contributed by atoms with E-state index in [0.717, 1.165) is 15.8 Å². The summed E-state index contributed by atoms with van der Waals surface area (Å²) in [6, 6.07) is 12.5. The number of benzene rings is 2. The van der Waals surface area contributed by atoms with E-state index in [-0.39, 0.29) is 5.91 Å². The molecule has 0 aliphatic rings. The van der Waals surface area contributed by atoms with Crippen LogP contribution in [0.25, 0.3) is 10.2 Å². The number of rotatable bonds is 4. The van der Waals surface area contributed by atoms with Gasteiger partial charge in [-0.15, -0.1) is 6.42 Å². The Balaban J connectivity index is 2.00. The van der Waals surface area contributed by atoms with Crippen molar-refractivity contribution in [2.75, 3.05) is 0 Å². The Morgan fingerprint density at radius 1 is 1.19 bits per heavy atom. The Hall–Kier alpha value is -2.64. The van der Waals surface area contributed by atoms with Crippen LogP contribution in [0.4, 0.5) is 0 Å². The van der Waals surface area contributed by atoms with Crippen LogP contribution in [0.5, 0.6) is 0 Å². The van der Waals surface area contributed by atoms with Crippen molar-refractivity contribution in [2.45, 2.75) is 46.6 Å². The summed E-state index contributed by atoms with van der Waals surface area (Å²) in [5.74, 6) is 2.97. The molecule has 0 aliphatic heterocycles. The van der Waals surface area contributed by atoms with Crippen molar-refractivity contribution in [3.63, 3.8) is 0 Å². The van der Waals surface area contributed by atoms with Crippen LogP contribution in [0, 0.1) is 26.2 Å². The van der Waals surface area contributed by atoms with Crippen LogP contribution < -0.4 is 4.80 Å². The van der Waals surface area contributed by atoms with Gasteiger partial charge in [-0.2, -0.15) is 4.99 Å². The van der Waals surface area contributed by atoms with Crippen molar-refractivity contribution in [2.24, 2.45) is 4.99 Å². The minimum Gasteiger partial charge on any atom is -0.305 e. The van der Waals surface area contributed by atoms with E-state index in [1.807, 2.05) is 16.7 Å². The Labute approximate surface area is 164 Å². The lowest BCUT2D eigenvalue weighted by Gasteiger charge is -2.05. The van der Waals surface area contributed by atoms with Gasteiger partial charge >= 0.3 is 0 Å². The summed E-state index contributed by atoms with van der Waals surface area (Å²) in [4.78, 5) is 17.6. The molecule has 3 nitrogen and oxygen atoms in total. The zero-order valence-electron chi connectivity index (χ0n) is 16.2. The van der Waals surface area contributed by atoms with E-state index in [0.29, 0.717) is 23.7 Å². The second-order valence-electron chi connectivity index (χ2n) is 7.16. The zero-order valence-corrected chi connectivity index (χ0v) is 17.1. The van der Waals surface area contributed by atoms with Crippen molar-refractivity contribution < 1.29 is 4.79 Å². The molecule has 1 heterocycles. The molecule has 0 fully saturated rings. The number of hydrogen-bond acceptors (Lipinski definition) is 2. The second-order valence-corrected chi connectivity index (χ2v) is 8.17. The average molecular weight is 377 g/mol. The van der Waals surface area contributed by atoms with Gasteiger partial charge in [0.1, 0.15) is 0 Å². The molecule has 1 amide bonds. The highest BCUT2D eigenvalue weighted by molar-refractivity contribution is 7.16. The fraction of sp³-hybridized carbons (Fsp3) is 0.304. The smallest absolute Gasteiger partial charge is 0.252 e. The summed E-state index contributed by atoms with van der Waals surface area (Å²) < 4.78 is 3.05. The van der Waals surface area contributed by atoms with Gasteiger partial charge in [0, 0.05) is 0 Å². The van der Waals surface area contributed by atoms with E-state index < -0.39 is 0 Å². The number of thiazole rings is 1. The van der Waals surface area contributed by atoms with Crippen molar-refractivity contribution in [1.29, 1.82) is 0 Å². The fourth-order valence-corrected chi connectivity index (χ4v) is 4.11. The topological polar surface area (TPSA) is 34.4 Å². The van der Waals surface area contributed by atoms with Crippen molar-refractivity contribution >= 4 is 27.5 Å². The fourth-order valence-electron chi connectivity index (χ4n) is 3.01. The summed E-state index contributed by atoms with van der Waals surface area (Å²) in [5.41, 5.74) is 5.69. The molecule has 4 heteroatoms. The number of aryl methyl sites for hydroxylation is 2. The number of nitrogens with zero attached hydrogens (tertiary/aromatic N) is 2. The molecule has 0 aliphatic carbocycles. The van der Waals surface area contributed by atoms with Crippen LogP contribution >= 0.6 is 11.3 Å². The first kappa shape index (κ1) is 19.1. The number of hydrogen-bond donors (Lipinski definition) is 0. The van der Waals surface area contributed by atoms with Gasteiger partial charge in [0.25, 0.3) is 5.91 Å². The van der Waals surface area contributed by atoms with Crippen LogP contribution in [-0.4, -0.2) is 10.5 Å². The molecule has 1 aromatic heterocycles. The normalized spacial score (nSPS) is 11.9. The van der Waals surface area contributed by atoms with Crippen molar-refractivity contribution in [3.05, 3.63) is 63.5 Å². The maximum atomic E-state index is 12.6. The van der Waals surface area contributed by atoms with Gasteiger partial charge < -0.3 is 4.57 Å². The van der Waals surface area contributed by atoms with Crippen LogP contribution in [0.15, 0.2) is 41.4 Å². The van der Waals surface area contributed by atoms with Gasteiger partial charge in [-0.05, 0) is 54.2 Å². The predicted octanol–water partition coefficient (Wildman–Crippen LogP) is 4.75. The number of carbonyl (C=O) groups excluding carboxylic acids is 1. The standard InChI is InChI=1S/C23H24N2OS/c1-6-11-25-20-10-9-19(15(2)3)14-21(20)27-23(25)24-22(26)13-18-8-7-16(4)17(5)12-18/h1,7-10,12,14-15H,11,13H2,2-5H3. The minimum atomic E-state index is -0.153. The number of aromatic nitrogens is 1. The highest BCUT2D eigenvalue weighted by Crippen LogP contribution is 2.23. The average Bonchev–Trinajstić information content (AvgIpc) is 2.95. The Bertz CT molecular complexity index is 1110. The summed E-state index contributed by atoms with van der Waals surface area (Å²) >= 11 is 1.52. The molecule has 3 aromatic rings. The number of fused-ring (bicyclic) bond motifs is 1. The molecule has 0 unspecified atom stereocenters. The minimum absolute atomic E-state index is 0.153. The van der Waals surface area contributed by atoms with Gasteiger partial charge in [0.15, 0.2) is 4.80 Å². The number of amides is 1. The van der Waals surface area contributed by atoms with Gasteiger partial charge in [0.2, 0.25) is 0 Å². The predicted molar refractivity (Wildman–Crippen MR) is 113 cm³/mol. The summed E-state index contributed by atoms with van der Waals surface area (Å²) in [6.07, 6.45) is 5.84. The molecule has 138 valence electrons. The molecule has 0 bridgehead atoms. The van der Waals surface area contributed by atoms with Crippen molar-refractivity contribution in [3.8, 4) is 12.3 Å². The summed E-state index contributed by atoms with van der Waals surface area (Å²) in [6.45, 7) is 8.86. The lowest BCUT2D eigenvalue weighted by molar-refractivity contribution is -0.117. The van der Waals surface area contributed by atoms with Crippen molar-refractivity contribution in [1.82, 2.24) is 4.57 Å². The van der Waals surface area contributed by atoms with Crippen LogP contribution in [0.3, 0.4) is 0 Å². The lowest BCUT2D eigenvalue weighted by Crippen LogP contribution is -2.17. The van der Waals surface area contributed by atoms with E-state index in [1.54, 1.807) is 0 Å². The Kier molecular flexibility index (Phi) is 5.62. The molecule has 27 heavy (non-hydrogen) atoms. The highest BCUT2D eigenvalue weighted by atomic mass is 32.1. The monoisotopic (exact) mass is 376 g/mol. The lowest BCUT2D eigenvalue weighted by atomic mass is 10.0. The molecule has 3 rings (SSSR count). The van der Waals surface area contributed by atoms with E-state index in [1.165, 1.54) is 28.0 Å². The van der Waals surface area contributed by atoms with E-state index in [9.17, 15) is 4.79 Å². The molecular formula is C23H24N2OS. The SMILES string of the molecule is C#CCn1c(=NC(=O)Cc2ccc(C)c(C)c2)sc2cc(C(C)C)ccc21. The first-order chi connectivity index (χ1) is 12.9. The largest absolute Gasteiger partial charge is 0.305 e. The third-order valence-electron chi connectivity index (χ3n) is 4.77. The molecule has 0 radical (unpaired) electrons. The highest BCUT2D eigenvalue weighted by Gasteiger charge is 2.10. The Morgan fingerprint density at radius 3 is 2.63 bits per heavy atom. The quantitative estimate of drug-likeness (QED) is 0.605. The zero-order chi connectivity index (χ0) is 19.6. The van der Waals surface area contributed by atoms with E-state index >= 15 is 0 Å². The first-order valence-electron chi connectivity index (χ1n) is 9.09. The maximum absolute atomic E-state index is 12.6. The summed E-state index contributed by atoms with van der Waals surface area (Å²) in [5, 5.41) is 0. The molecule has 0 atom stereocenters. The summed E-state index contributed by atoms with van der Waals surface area (Å²) in [7, 11) is 0. The molecule has 2 aromatic carbocycles. The second kappa shape index (κ2) is 7.94. The molecule has 0 saturated heterocycles. The Morgan fingerprint density at radius 2 is 1.96 bits per heavy atom. The third kappa shape index (κ3) is 4.20. The van der Waals surface area contributed by atoms with Gasteiger partial charge in [-0.1, -0.05) is 55.4 Å². The number of terminal acetylenes is 1.